The lowest BCUT2D eigenvalue weighted by Crippen LogP contribution is -2.34. The molecule has 0 amide bonds. The number of nitrogens with one attached hydrogen (secondary N) is 1. The lowest BCUT2D eigenvalue weighted by molar-refractivity contribution is -0.147. The maximum absolute atomic E-state index is 13.4. The summed E-state index contributed by atoms with van der Waals surface area (Å²) < 4.78 is 50.7. The standard InChI is InChI=1S/C13H17F4N3/c1-2-3-20(8-13(15,16)17)7-9-4-10(12(18)19)6-11(14)5-9/h4-6H,2-3,7-8H2,1H3,(H3,18,19). The van der Waals surface area contributed by atoms with Gasteiger partial charge in [-0.25, -0.2) is 4.39 Å². The summed E-state index contributed by atoms with van der Waals surface area (Å²) in [6.45, 7) is 0.944. The monoisotopic (exact) mass is 291 g/mol. The molecule has 0 spiro atoms. The van der Waals surface area contributed by atoms with E-state index in [1.165, 1.54) is 11.0 Å². The summed E-state index contributed by atoms with van der Waals surface area (Å²) in [5.74, 6) is -0.931. The minimum absolute atomic E-state index is 0.0363. The molecule has 0 aliphatic rings. The quantitative estimate of drug-likeness (QED) is 0.481. The van der Waals surface area contributed by atoms with Crippen molar-refractivity contribution >= 4 is 5.84 Å². The van der Waals surface area contributed by atoms with Crippen molar-refractivity contribution in [1.82, 2.24) is 4.90 Å². The third-order valence-electron chi connectivity index (χ3n) is 2.62. The normalized spacial score (nSPS) is 11.9. The van der Waals surface area contributed by atoms with Crippen LogP contribution in [0.3, 0.4) is 0 Å². The number of nitrogens with zero attached hydrogens (tertiary/aromatic N) is 1. The Hall–Kier alpha value is -1.63. The Morgan fingerprint density at radius 3 is 2.45 bits per heavy atom. The van der Waals surface area contributed by atoms with Gasteiger partial charge < -0.3 is 5.73 Å². The van der Waals surface area contributed by atoms with E-state index in [0.717, 1.165) is 12.1 Å². The van der Waals surface area contributed by atoms with Gasteiger partial charge in [0.1, 0.15) is 11.7 Å². The number of benzene rings is 1. The fourth-order valence-corrected chi connectivity index (χ4v) is 1.94. The average molecular weight is 291 g/mol. The van der Waals surface area contributed by atoms with Crippen molar-refractivity contribution in [3.05, 3.63) is 35.1 Å². The molecule has 112 valence electrons. The highest BCUT2D eigenvalue weighted by Crippen LogP contribution is 2.19. The lowest BCUT2D eigenvalue weighted by Gasteiger charge is -2.23. The van der Waals surface area contributed by atoms with Crippen LogP contribution in [0.15, 0.2) is 18.2 Å². The van der Waals surface area contributed by atoms with Crippen molar-refractivity contribution in [2.45, 2.75) is 26.1 Å². The number of hydrogen-bond acceptors (Lipinski definition) is 2. The molecule has 0 aromatic heterocycles. The number of nitrogen functional groups attached to an aromatic ring is 1. The molecule has 0 saturated heterocycles. The Kier molecular flexibility index (Phi) is 5.50. The van der Waals surface area contributed by atoms with Crippen molar-refractivity contribution in [2.24, 2.45) is 5.73 Å². The Morgan fingerprint density at radius 2 is 1.95 bits per heavy atom. The van der Waals surface area contributed by atoms with Crippen LogP contribution in [0.25, 0.3) is 0 Å². The van der Waals surface area contributed by atoms with Gasteiger partial charge in [0.25, 0.3) is 0 Å². The zero-order valence-electron chi connectivity index (χ0n) is 11.1. The van der Waals surface area contributed by atoms with E-state index in [0.29, 0.717) is 12.0 Å². The van der Waals surface area contributed by atoms with Gasteiger partial charge in [-0.3, -0.25) is 10.3 Å². The fraction of sp³-hybridized carbons (Fsp3) is 0.462. The second kappa shape index (κ2) is 6.69. The first-order valence-corrected chi connectivity index (χ1v) is 6.14. The summed E-state index contributed by atoms with van der Waals surface area (Å²) in [5, 5.41) is 7.25. The molecular weight excluding hydrogens is 274 g/mol. The van der Waals surface area contributed by atoms with Gasteiger partial charge in [0.2, 0.25) is 0 Å². The van der Waals surface area contributed by atoms with E-state index in [9.17, 15) is 17.6 Å². The van der Waals surface area contributed by atoms with E-state index in [2.05, 4.69) is 0 Å². The number of alkyl halides is 3. The van der Waals surface area contributed by atoms with E-state index >= 15 is 0 Å². The molecule has 0 bridgehead atoms. The molecule has 7 heteroatoms. The summed E-state index contributed by atoms with van der Waals surface area (Å²) in [5.41, 5.74) is 5.80. The first-order chi connectivity index (χ1) is 9.21. The van der Waals surface area contributed by atoms with Crippen LogP contribution in [0.2, 0.25) is 0 Å². The third-order valence-corrected chi connectivity index (χ3v) is 2.62. The molecule has 0 fully saturated rings. The number of amidine groups is 1. The molecule has 0 aliphatic heterocycles. The average Bonchev–Trinajstić information content (AvgIpc) is 2.25. The minimum Gasteiger partial charge on any atom is -0.384 e. The SMILES string of the molecule is CCCN(Cc1cc(F)cc(C(=N)N)c1)CC(F)(F)F. The Morgan fingerprint density at radius 1 is 1.30 bits per heavy atom. The molecule has 20 heavy (non-hydrogen) atoms. The van der Waals surface area contributed by atoms with Crippen LogP contribution < -0.4 is 5.73 Å². The smallest absolute Gasteiger partial charge is 0.384 e. The van der Waals surface area contributed by atoms with Crippen LogP contribution >= 0.6 is 0 Å². The lowest BCUT2D eigenvalue weighted by atomic mass is 10.1. The van der Waals surface area contributed by atoms with Gasteiger partial charge >= 0.3 is 6.18 Å². The van der Waals surface area contributed by atoms with Gasteiger partial charge in [0.15, 0.2) is 0 Å². The molecule has 0 aliphatic carbocycles. The van der Waals surface area contributed by atoms with Crippen LogP contribution in [0, 0.1) is 11.2 Å². The number of rotatable bonds is 6. The summed E-state index contributed by atoms with van der Waals surface area (Å²) in [6.07, 6.45) is -3.74. The molecule has 3 nitrogen and oxygen atoms in total. The largest absolute Gasteiger partial charge is 0.401 e. The molecule has 0 radical (unpaired) electrons. The zero-order valence-corrected chi connectivity index (χ0v) is 11.1. The summed E-state index contributed by atoms with van der Waals surface area (Å²) in [6, 6.07) is 3.68. The first kappa shape index (κ1) is 16.4. The van der Waals surface area contributed by atoms with Crippen molar-refractivity contribution < 1.29 is 17.6 Å². The van der Waals surface area contributed by atoms with Gasteiger partial charge in [-0.2, -0.15) is 13.2 Å². The predicted molar refractivity (Wildman–Crippen MR) is 69.0 cm³/mol. The number of hydrogen-bond donors (Lipinski definition) is 2. The fourth-order valence-electron chi connectivity index (χ4n) is 1.94. The second-order valence-electron chi connectivity index (χ2n) is 4.59. The van der Waals surface area contributed by atoms with Crippen LogP contribution in [0.5, 0.6) is 0 Å². The number of halogens is 4. The third kappa shape index (κ3) is 5.56. The zero-order chi connectivity index (χ0) is 15.3. The van der Waals surface area contributed by atoms with Crippen LogP contribution in [0.4, 0.5) is 17.6 Å². The Balaban J connectivity index is 2.90. The molecule has 0 saturated carbocycles. The van der Waals surface area contributed by atoms with E-state index in [1.807, 2.05) is 0 Å². The highest BCUT2D eigenvalue weighted by molar-refractivity contribution is 5.95. The van der Waals surface area contributed by atoms with Crippen molar-refractivity contribution in [2.75, 3.05) is 13.1 Å². The topological polar surface area (TPSA) is 53.1 Å². The highest BCUT2D eigenvalue weighted by Gasteiger charge is 2.30. The van der Waals surface area contributed by atoms with Gasteiger partial charge in [0, 0.05) is 12.1 Å². The highest BCUT2D eigenvalue weighted by atomic mass is 19.4. The van der Waals surface area contributed by atoms with Crippen LogP contribution in [0.1, 0.15) is 24.5 Å². The van der Waals surface area contributed by atoms with E-state index in [-0.39, 0.29) is 24.5 Å². The molecule has 3 N–H and O–H groups in total. The molecular formula is C13H17F4N3. The van der Waals surface area contributed by atoms with Gasteiger partial charge in [-0.15, -0.1) is 0 Å². The predicted octanol–water partition coefficient (Wildman–Crippen LogP) is 2.88. The molecule has 1 aromatic carbocycles. The second-order valence-corrected chi connectivity index (χ2v) is 4.59. The molecule has 1 rings (SSSR count). The summed E-state index contributed by atoms with van der Waals surface area (Å²) in [7, 11) is 0. The van der Waals surface area contributed by atoms with Crippen LogP contribution in [-0.2, 0) is 6.54 Å². The maximum Gasteiger partial charge on any atom is 0.401 e. The minimum atomic E-state index is -4.30. The van der Waals surface area contributed by atoms with E-state index in [1.54, 1.807) is 6.92 Å². The maximum atomic E-state index is 13.4. The Labute approximate surface area is 114 Å². The summed E-state index contributed by atoms with van der Waals surface area (Å²) >= 11 is 0. The molecule has 0 unspecified atom stereocenters. The first-order valence-electron chi connectivity index (χ1n) is 6.14. The molecule has 0 atom stereocenters. The van der Waals surface area contributed by atoms with E-state index in [4.69, 9.17) is 11.1 Å². The molecule has 1 aromatic rings. The van der Waals surface area contributed by atoms with Gasteiger partial charge in [-0.05, 0) is 36.7 Å². The van der Waals surface area contributed by atoms with Crippen LogP contribution in [-0.4, -0.2) is 30.0 Å². The van der Waals surface area contributed by atoms with Gasteiger partial charge in [-0.1, -0.05) is 6.92 Å². The Bertz CT molecular complexity index is 471. The molecule has 0 heterocycles. The summed E-state index contributed by atoms with van der Waals surface area (Å²) in [4.78, 5) is 1.19. The van der Waals surface area contributed by atoms with Crippen molar-refractivity contribution in [3.63, 3.8) is 0 Å². The van der Waals surface area contributed by atoms with Crippen molar-refractivity contribution in [3.8, 4) is 0 Å². The van der Waals surface area contributed by atoms with Crippen molar-refractivity contribution in [1.29, 1.82) is 5.41 Å². The van der Waals surface area contributed by atoms with Gasteiger partial charge in [0.05, 0.1) is 6.54 Å². The van der Waals surface area contributed by atoms with E-state index < -0.39 is 18.5 Å². The number of nitrogens with two attached hydrogens (primary N) is 1.